The van der Waals surface area contributed by atoms with E-state index < -0.39 is 0 Å². The zero-order valence-corrected chi connectivity index (χ0v) is 16.0. The van der Waals surface area contributed by atoms with Crippen molar-refractivity contribution in [2.24, 2.45) is 17.5 Å². The molecule has 6 heteroatoms. The van der Waals surface area contributed by atoms with E-state index in [2.05, 4.69) is 28.4 Å². The van der Waals surface area contributed by atoms with E-state index in [1.807, 2.05) is 17.9 Å². The number of aliphatic imine (C=N–C) groups is 1. The topological polar surface area (TPSA) is 45.5 Å². The quantitative estimate of drug-likeness (QED) is 0.465. The Morgan fingerprint density at radius 2 is 2.23 bits per heavy atom. The summed E-state index contributed by atoms with van der Waals surface area (Å²) >= 11 is 0. The summed E-state index contributed by atoms with van der Waals surface area (Å²) in [7, 11) is 1.96. The van der Waals surface area contributed by atoms with Gasteiger partial charge in [0, 0.05) is 39.4 Å². The van der Waals surface area contributed by atoms with E-state index in [9.17, 15) is 0 Å². The lowest BCUT2D eigenvalue weighted by Crippen LogP contribution is -2.42. The Labute approximate surface area is 150 Å². The van der Waals surface area contributed by atoms with E-state index in [4.69, 9.17) is 4.99 Å². The molecule has 1 saturated carbocycles. The fourth-order valence-corrected chi connectivity index (χ4v) is 3.52. The van der Waals surface area contributed by atoms with Gasteiger partial charge in [-0.05, 0) is 43.6 Å². The predicted octanol–water partition coefficient (Wildman–Crippen LogP) is 2.42. The Kier molecular flexibility index (Phi) is 6.11. The molecule has 1 saturated heterocycles. The van der Waals surface area contributed by atoms with Crippen LogP contribution in [0.1, 0.15) is 38.2 Å². The van der Waals surface area contributed by atoms with E-state index in [1.54, 1.807) is 0 Å². The number of halogens is 1. The summed E-state index contributed by atoms with van der Waals surface area (Å²) in [5, 5.41) is 7.67. The van der Waals surface area contributed by atoms with Crippen molar-refractivity contribution in [2.45, 2.75) is 39.0 Å². The zero-order chi connectivity index (χ0) is 14.7. The van der Waals surface area contributed by atoms with Gasteiger partial charge in [-0.15, -0.1) is 24.0 Å². The summed E-state index contributed by atoms with van der Waals surface area (Å²) in [5.41, 5.74) is 1.88. The molecular formula is C16H28IN5. The van der Waals surface area contributed by atoms with Crippen LogP contribution >= 0.6 is 24.0 Å². The lowest BCUT2D eigenvalue weighted by molar-refractivity contribution is 0.151. The van der Waals surface area contributed by atoms with Gasteiger partial charge in [-0.2, -0.15) is 5.10 Å². The number of guanidine groups is 1. The van der Waals surface area contributed by atoms with Crippen molar-refractivity contribution in [3.05, 3.63) is 18.0 Å². The van der Waals surface area contributed by atoms with Crippen LogP contribution in [0.3, 0.4) is 0 Å². The molecule has 5 nitrogen and oxygen atoms in total. The SMILES string of the molecule is CCNC(=NCCc1cnn(C)c1)N1CCC2(CCC2)C1.I. The van der Waals surface area contributed by atoms with Crippen LogP contribution in [0.15, 0.2) is 17.4 Å². The van der Waals surface area contributed by atoms with Crippen LogP contribution in [0.4, 0.5) is 0 Å². The van der Waals surface area contributed by atoms with Crippen LogP contribution in [0.5, 0.6) is 0 Å². The Hall–Kier alpha value is -0.790. The molecule has 0 amide bonds. The third kappa shape index (κ3) is 3.94. The Morgan fingerprint density at radius 1 is 1.41 bits per heavy atom. The van der Waals surface area contributed by atoms with Gasteiger partial charge in [-0.3, -0.25) is 9.67 Å². The van der Waals surface area contributed by atoms with Gasteiger partial charge in [0.25, 0.3) is 0 Å². The first-order valence-electron chi connectivity index (χ1n) is 8.22. The average molecular weight is 417 g/mol. The van der Waals surface area contributed by atoms with Crippen molar-refractivity contribution in [3.8, 4) is 0 Å². The fraction of sp³-hybridized carbons (Fsp3) is 0.750. The number of likely N-dealkylation sites (tertiary alicyclic amines) is 1. The molecular weight excluding hydrogens is 389 g/mol. The molecule has 2 fully saturated rings. The van der Waals surface area contributed by atoms with Gasteiger partial charge in [0.1, 0.15) is 0 Å². The first-order valence-corrected chi connectivity index (χ1v) is 8.22. The van der Waals surface area contributed by atoms with Crippen LogP contribution in [0.2, 0.25) is 0 Å². The van der Waals surface area contributed by atoms with E-state index in [1.165, 1.54) is 44.3 Å². The summed E-state index contributed by atoms with van der Waals surface area (Å²) in [5.74, 6) is 1.10. The lowest BCUT2D eigenvalue weighted by Gasteiger charge is -2.38. The van der Waals surface area contributed by atoms with Crippen molar-refractivity contribution in [3.63, 3.8) is 0 Å². The summed E-state index contributed by atoms with van der Waals surface area (Å²) in [6.07, 6.45) is 10.6. The molecule has 2 heterocycles. The number of nitrogens with zero attached hydrogens (tertiary/aromatic N) is 4. The largest absolute Gasteiger partial charge is 0.357 e. The molecule has 124 valence electrons. The van der Waals surface area contributed by atoms with Crippen LogP contribution in [0.25, 0.3) is 0 Å². The number of aryl methyl sites for hydroxylation is 1. The molecule has 1 spiro atoms. The fourth-order valence-electron chi connectivity index (χ4n) is 3.52. The van der Waals surface area contributed by atoms with Gasteiger partial charge in [-0.25, -0.2) is 0 Å². The summed E-state index contributed by atoms with van der Waals surface area (Å²) in [6.45, 7) is 6.28. The standard InChI is InChI=1S/C16H27N5.HI/c1-3-17-15(18-9-5-14-11-19-20(2)12-14)21-10-8-16(13-21)6-4-7-16;/h11-12H,3-10,13H2,1-2H3,(H,17,18);1H. The molecule has 0 aromatic carbocycles. The van der Waals surface area contributed by atoms with Gasteiger partial charge in [0.15, 0.2) is 5.96 Å². The molecule has 0 bridgehead atoms. The van der Waals surface area contributed by atoms with Crippen molar-refractivity contribution < 1.29 is 0 Å². The van der Waals surface area contributed by atoms with Gasteiger partial charge >= 0.3 is 0 Å². The first-order chi connectivity index (χ1) is 10.2. The summed E-state index contributed by atoms with van der Waals surface area (Å²) in [4.78, 5) is 7.28. The lowest BCUT2D eigenvalue weighted by atomic mass is 9.68. The van der Waals surface area contributed by atoms with Gasteiger partial charge in [-0.1, -0.05) is 6.42 Å². The van der Waals surface area contributed by atoms with Crippen molar-refractivity contribution in [2.75, 3.05) is 26.2 Å². The van der Waals surface area contributed by atoms with Gasteiger partial charge in [0.05, 0.1) is 6.20 Å². The third-order valence-electron chi connectivity index (χ3n) is 4.91. The van der Waals surface area contributed by atoms with Crippen LogP contribution in [0, 0.1) is 5.41 Å². The number of rotatable bonds is 4. The maximum atomic E-state index is 4.82. The molecule has 1 aromatic heterocycles. The Bertz CT molecular complexity index is 506. The Balaban J connectivity index is 0.00000176. The molecule has 3 rings (SSSR count). The Morgan fingerprint density at radius 3 is 2.77 bits per heavy atom. The van der Waals surface area contributed by atoms with Crippen molar-refractivity contribution in [1.29, 1.82) is 0 Å². The van der Waals surface area contributed by atoms with Crippen LogP contribution in [-0.2, 0) is 13.5 Å². The van der Waals surface area contributed by atoms with Gasteiger partial charge in [0.2, 0.25) is 0 Å². The van der Waals surface area contributed by atoms with Gasteiger partial charge < -0.3 is 10.2 Å². The summed E-state index contributed by atoms with van der Waals surface area (Å²) < 4.78 is 1.85. The smallest absolute Gasteiger partial charge is 0.193 e. The third-order valence-corrected chi connectivity index (χ3v) is 4.91. The maximum absolute atomic E-state index is 4.82. The van der Waals surface area contributed by atoms with Crippen molar-refractivity contribution in [1.82, 2.24) is 20.0 Å². The van der Waals surface area contributed by atoms with E-state index in [0.29, 0.717) is 5.41 Å². The number of nitrogens with one attached hydrogen (secondary N) is 1. The van der Waals surface area contributed by atoms with Crippen LogP contribution in [-0.4, -0.2) is 46.8 Å². The zero-order valence-electron chi connectivity index (χ0n) is 13.7. The highest BCUT2D eigenvalue weighted by atomic mass is 127. The normalized spacial score (nSPS) is 19.9. The molecule has 22 heavy (non-hydrogen) atoms. The second-order valence-corrected chi connectivity index (χ2v) is 6.53. The number of hydrogen-bond acceptors (Lipinski definition) is 2. The highest BCUT2D eigenvalue weighted by molar-refractivity contribution is 14.0. The monoisotopic (exact) mass is 417 g/mol. The number of aromatic nitrogens is 2. The van der Waals surface area contributed by atoms with Crippen LogP contribution < -0.4 is 5.32 Å². The molecule has 0 unspecified atom stereocenters. The molecule has 0 radical (unpaired) electrons. The van der Waals surface area contributed by atoms with E-state index in [0.717, 1.165) is 25.5 Å². The molecule has 1 aliphatic carbocycles. The minimum absolute atomic E-state index is 0. The second-order valence-electron chi connectivity index (χ2n) is 6.53. The van der Waals surface area contributed by atoms with Crippen molar-refractivity contribution >= 4 is 29.9 Å². The summed E-state index contributed by atoms with van der Waals surface area (Å²) in [6, 6.07) is 0. The predicted molar refractivity (Wildman–Crippen MR) is 101 cm³/mol. The van der Waals surface area contributed by atoms with E-state index >= 15 is 0 Å². The minimum Gasteiger partial charge on any atom is -0.357 e. The van der Waals surface area contributed by atoms with E-state index in [-0.39, 0.29) is 24.0 Å². The molecule has 1 N–H and O–H groups in total. The first kappa shape index (κ1) is 17.6. The molecule has 0 atom stereocenters. The highest BCUT2D eigenvalue weighted by Crippen LogP contribution is 2.47. The minimum atomic E-state index is 0. The molecule has 2 aliphatic rings. The molecule has 1 aromatic rings. The average Bonchev–Trinajstić information content (AvgIpc) is 3.04. The highest BCUT2D eigenvalue weighted by Gasteiger charge is 2.43. The number of hydrogen-bond donors (Lipinski definition) is 1. The maximum Gasteiger partial charge on any atom is 0.193 e. The second kappa shape index (κ2) is 7.66. The molecule has 1 aliphatic heterocycles.